The van der Waals surface area contributed by atoms with Crippen molar-refractivity contribution in [1.82, 2.24) is 9.78 Å². The molecule has 1 heterocycles. The topological polar surface area (TPSA) is 67.6 Å². The molecule has 4 fully saturated rings. The zero-order chi connectivity index (χ0) is 19.5. The lowest BCUT2D eigenvalue weighted by molar-refractivity contribution is -0.0688. The number of anilines is 1. The molecule has 8 unspecified atom stereocenters. The molecule has 4 aliphatic carbocycles. The van der Waals surface area contributed by atoms with Crippen molar-refractivity contribution in [1.29, 1.82) is 5.26 Å². The van der Waals surface area contributed by atoms with Gasteiger partial charge in [0.25, 0.3) is 0 Å². The number of hydrogen-bond donors (Lipinski definition) is 1. The molecule has 0 radical (unpaired) electrons. The van der Waals surface area contributed by atoms with Crippen LogP contribution in [0.1, 0.15) is 84.6 Å². The maximum absolute atomic E-state index is 9.19. The summed E-state index contributed by atoms with van der Waals surface area (Å²) in [5.41, 5.74) is 7.12. The van der Waals surface area contributed by atoms with Crippen molar-refractivity contribution < 1.29 is 0 Å². The molecule has 4 saturated carbocycles. The average molecular weight is 397 g/mol. The molecule has 4 nitrogen and oxygen atoms in total. The van der Waals surface area contributed by atoms with Crippen molar-refractivity contribution in [2.45, 2.75) is 85.6 Å². The van der Waals surface area contributed by atoms with E-state index in [1.807, 2.05) is 4.68 Å². The molecular weight excluding hydrogens is 356 g/mol. The fourth-order valence-electron chi connectivity index (χ4n) is 8.33. The number of nitrogen functional groups attached to an aromatic ring is 1. The highest BCUT2D eigenvalue weighted by atomic mass is 15.3. The van der Waals surface area contributed by atoms with Crippen LogP contribution >= 0.6 is 0 Å². The summed E-state index contributed by atoms with van der Waals surface area (Å²) in [5.74, 6) is 7.07. The molecule has 0 bridgehead atoms. The number of nitriles is 1. The van der Waals surface area contributed by atoms with E-state index in [2.05, 4.69) is 25.0 Å². The van der Waals surface area contributed by atoms with Gasteiger partial charge in [-0.3, -0.25) is 0 Å². The molecule has 5 rings (SSSR count). The summed E-state index contributed by atoms with van der Waals surface area (Å²) in [7, 11) is 0. The minimum atomic E-state index is 0. The van der Waals surface area contributed by atoms with E-state index >= 15 is 0 Å². The van der Waals surface area contributed by atoms with E-state index in [0.29, 0.717) is 22.7 Å². The van der Waals surface area contributed by atoms with Crippen LogP contribution < -0.4 is 5.73 Å². The van der Waals surface area contributed by atoms with Crippen LogP contribution in [0, 0.1) is 58.2 Å². The van der Waals surface area contributed by atoms with E-state index in [0.717, 1.165) is 42.1 Å². The van der Waals surface area contributed by atoms with Crippen LogP contribution in [0.4, 0.5) is 5.82 Å². The Morgan fingerprint density at radius 2 is 1.93 bits per heavy atom. The van der Waals surface area contributed by atoms with Gasteiger partial charge in [-0.2, -0.15) is 10.4 Å². The predicted octanol–water partition coefficient (Wildman–Crippen LogP) is 5.88. The molecular formula is C25H40N4. The Balaban J connectivity index is 0.00000205. The maximum Gasteiger partial charge on any atom is 0.139 e. The molecule has 2 N–H and O–H groups in total. The zero-order valence-corrected chi connectivity index (χ0v) is 17.6. The fraction of sp³-hybridized carbons (Fsp3) is 0.840. The van der Waals surface area contributed by atoms with Gasteiger partial charge in [-0.1, -0.05) is 27.7 Å². The number of fused-ring (bicyclic) bond motifs is 5. The number of aromatic nitrogens is 2. The van der Waals surface area contributed by atoms with Crippen LogP contribution in [0.15, 0.2) is 6.20 Å². The fourth-order valence-corrected chi connectivity index (χ4v) is 8.33. The Hall–Kier alpha value is -1.50. The van der Waals surface area contributed by atoms with Crippen LogP contribution in [-0.2, 0) is 6.54 Å². The summed E-state index contributed by atoms with van der Waals surface area (Å²) in [6.45, 7) is 5.94. The summed E-state index contributed by atoms with van der Waals surface area (Å²) in [5, 5.41) is 13.6. The quantitative estimate of drug-likeness (QED) is 0.679. The third-order valence-corrected chi connectivity index (χ3v) is 9.81. The highest BCUT2D eigenvalue weighted by molar-refractivity contribution is 5.47. The second-order valence-corrected chi connectivity index (χ2v) is 10.9. The number of hydrogen-bond acceptors (Lipinski definition) is 3. The van der Waals surface area contributed by atoms with Gasteiger partial charge in [0, 0.05) is 6.54 Å². The first-order valence-corrected chi connectivity index (χ1v) is 11.7. The van der Waals surface area contributed by atoms with Crippen LogP contribution in [0.2, 0.25) is 0 Å². The van der Waals surface area contributed by atoms with Gasteiger partial charge in [0.15, 0.2) is 0 Å². The lowest BCUT2D eigenvalue weighted by Crippen LogP contribution is -2.48. The standard InChI is InChI=1S/C24H36N4.CH4/c1-15-3-6-19-16(11-15)4-7-21-20(19)9-10-24(2)18(5-8-22(21)24)14-28-23(26)17(12-25)13-27-28;/h13,15-16,18-22H,3-11,14,26H2,1-2H3;1H4. The molecule has 8 atom stereocenters. The first-order valence-electron chi connectivity index (χ1n) is 11.7. The third kappa shape index (κ3) is 3.20. The van der Waals surface area contributed by atoms with Gasteiger partial charge >= 0.3 is 0 Å². The monoisotopic (exact) mass is 396 g/mol. The van der Waals surface area contributed by atoms with Crippen molar-refractivity contribution in [2.75, 3.05) is 5.73 Å². The molecule has 29 heavy (non-hydrogen) atoms. The number of nitrogens with zero attached hydrogens (tertiary/aromatic N) is 3. The highest BCUT2D eigenvalue weighted by Gasteiger charge is 2.56. The van der Waals surface area contributed by atoms with Gasteiger partial charge in [-0.05, 0) is 98.2 Å². The first kappa shape index (κ1) is 20.8. The minimum absolute atomic E-state index is 0. The van der Waals surface area contributed by atoms with Crippen LogP contribution in [-0.4, -0.2) is 9.78 Å². The second-order valence-electron chi connectivity index (χ2n) is 10.9. The van der Waals surface area contributed by atoms with Crippen LogP contribution in [0.5, 0.6) is 0 Å². The van der Waals surface area contributed by atoms with Gasteiger partial charge in [0.2, 0.25) is 0 Å². The largest absolute Gasteiger partial charge is 0.383 e. The Labute approximate surface area is 177 Å². The second kappa shape index (κ2) is 7.64. The summed E-state index contributed by atoms with van der Waals surface area (Å²) in [4.78, 5) is 0. The molecule has 1 aromatic rings. The lowest BCUT2D eigenvalue weighted by Gasteiger charge is -2.56. The molecule has 4 heteroatoms. The van der Waals surface area contributed by atoms with Gasteiger partial charge < -0.3 is 5.73 Å². The maximum atomic E-state index is 9.19. The van der Waals surface area contributed by atoms with Crippen molar-refractivity contribution in [3.63, 3.8) is 0 Å². The van der Waals surface area contributed by atoms with Gasteiger partial charge in [-0.25, -0.2) is 4.68 Å². The van der Waals surface area contributed by atoms with Gasteiger partial charge in [-0.15, -0.1) is 0 Å². The van der Waals surface area contributed by atoms with Crippen molar-refractivity contribution in [3.05, 3.63) is 11.8 Å². The molecule has 0 amide bonds. The molecule has 1 aromatic heterocycles. The Kier molecular flexibility index (Phi) is 5.47. The Morgan fingerprint density at radius 1 is 1.14 bits per heavy atom. The van der Waals surface area contributed by atoms with E-state index in [1.54, 1.807) is 6.20 Å². The number of rotatable bonds is 2. The van der Waals surface area contributed by atoms with E-state index < -0.39 is 0 Å². The third-order valence-electron chi connectivity index (χ3n) is 9.81. The number of nitrogens with two attached hydrogens (primary N) is 1. The Morgan fingerprint density at radius 3 is 2.69 bits per heavy atom. The van der Waals surface area contributed by atoms with E-state index in [4.69, 9.17) is 5.73 Å². The average Bonchev–Trinajstić information content (AvgIpc) is 3.21. The van der Waals surface area contributed by atoms with Crippen molar-refractivity contribution in [3.8, 4) is 6.07 Å². The minimum Gasteiger partial charge on any atom is -0.383 e. The summed E-state index contributed by atoms with van der Waals surface area (Å²) in [6.07, 6.45) is 14.6. The Bertz CT molecular complexity index is 776. The van der Waals surface area contributed by atoms with Crippen molar-refractivity contribution >= 4 is 5.82 Å². The first-order chi connectivity index (χ1) is 13.5. The molecule has 0 spiro atoms. The summed E-state index contributed by atoms with van der Waals surface area (Å²) in [6, 6.07) is 2.16. The predicted molar refractivity (Wildman–Crippen MR) is 118 cm³/mol. The van der Waals surface area contributed by atoms with Crippen LogP contribution in [0.25, 0.3) is 0 Å². The van der Waals surface area contributed by atoms with E-state index in [-0.39, 0.29) is 7.43 Å². The molecule has 160 valence electrons. The highest BCUT2D eigenvalue weighted by Crippen LogP contribution is 2.64. The van der Waals surface area contributed by atoms with E-state index in [1.165, 1.54) is 57.8 Å². The molecule has 4 aliphatic rings. The zero-order valence-electron chi connectivity index (χ0n) is 17.6. The smallest absolute Gasteiger partial charge is 0.139 e. The molecule has 0 saturated heterocycles. The summed E-state index contributed by atoms with van der Waals surface area (Å²) < 4.78 is 1.91. The van der Waals surface area contributed by atoms with Crippen LogP contribution in [0.3, 0.4) is 0 Å². The molecule has 0 aromatic carbocycles. The SMILES string of the molecule is C.CC1CCC2C(CCC3C2CCC2(C)C(Cn4ncc(C#N)c4N)CCC32)C1. The summed E-state index contributed by atoms with van der Waals surface area (Å²) >= 11 is 0. The lowest BCUT2D eigenvalue weighted by atomic mass is 9.49. The van der Waals surface area contributed by atoms with E-state index in [9.17, 15) is 5.26 Å². The van der Waals surface area contributed by atoms with Crippen molar-refractivity contribution in [2.24, 2.45) is 46.8 Å². The normalized spacial score (nSPS) is 43.4. The van der Waals surface area contributed by atoms with Gasteiger partial charge in [0.1, 0.15) is 17.5 Å². The van der Waals surface area contributed by atoms with Gasteiger partial charge in [0.05, 0.1) is 6.20 Å². The molecule has 0 aliphatic heterocycles.